The normalized spacial score (nSPS) is 20.4. The minimum Gasteiger partial charge on any atom is -0.0881 e. The molecule has 0 saturated heterocycles. The molecule has 1 heteroatoms. The van der Waals surface area contributed by atoms with Crippen LogP contribution in [0.15, 0.2) is 24.3 Å². The first kappa shape index (κ1) is 13.1. The molecule has 1 unspecified atom stereocenters. The molecule has 1 saturated carbocycles. The van der Waals surface area contributed by atoms with E-state index in [-0.39, 0.29) is 0 Å². The van der Waals surface area contributed by atoms with Gasteiger partial charge < -0.3 is 0 Å². The Balaban J connectivity index is 2.10. The Morgan fingerprint density at radius 2 is 1.88 bits per heavy atom. The summed E-state index contributed by atoms with van der Waals surface area (Å²) in [6.45, 7) is 4.58. The van der Waals surface area contributed by atoms with E-state index in [1.54, 1.807) is 0 Å². The molecule has 1 aromatic rings. The van der Waals surface area contributed by atoms with E-state index < -0.39 is 0 Å². The first-order valence-electron chi connectivity index (χ1n) is 6.86. The van der Waals surface area contributed by atoms with E-state index >= 15 is 0 Å². The van der Waals surface area contributed by atoms with Crippen LogP contribution in [-0.2, 0) is 6.42 Å². The predicted molar refractivity (Wildman–Crippen MR) is 78.8 cm³/mol. The first-order valence-corrected chi connectivity index (χ1v) is 7.78. The van der Waals surface area contributed by atoms with E-state index in [0.29, 0.717) is 10.2 Å². The molecule has 1 atom stereocenters. The summed E-state index contributed by atoms with van der Waals surface area (Å²) in [6, 6.07) is 8.80. The van der Waals surface area contributed by atoms with E-state index in [2.05, 4.69) is 54.0 Å². The lowest BCUT2D eigenvalue weighted by Gasteiger charge is -2.33. The number of hydrogen-bond donors (Lipinski definition) is 0. The summed E-state index contributed by atoms with van der Waals surface area (Å²) in [7, 11) is 0. The van der Waals surface area contributed by atoms with Crippen molar-refractivity contribution in [2.45, 2.75) is 57.2 Å². The molecule has 0 nitrogen and oxygen atoms in total. The Morgan fingerprint density at radius 1 is 1.24 bits per heavy atom. The molecular weight excluding hydrogens is 272 g/mol. The lowest BCUT2D eigenvalue weighted by atomic mass is 9.78. The third kappa shape index (κ3) is 2.76. The van der Waals surface area contributed by atoms with E-state index in [0.717, 1.165) is 0 Å². The smallest absolute Gasteiger partial charge is 0.0242 e. The number of benzene rings is 1. The molecule has 0 bridgehead atoms. The van der Waals surface area contributed by atoms with Gasteiger partial charge in [0.2, 0.25) is 0 Å². The van der Waals surface area contributed by atoms with Crippen LogP contribution in [0.25, 0.3) is 0 Å². The second-order valence-corrected chi connectivity index (χ2v) is 6.63. The van der Waals surface area contributed by atoms with Gasteiger partial charge in [-0.25, -0.2) is 0 Å². The highest BCUT2D eigenvalue weighted by Gasteiger charge is 2.38. The minimum absolute atomic E-state index is 0.558. The average Bonchev–Trinajstić information content (AvgIpc) is 2.82. The molecule has 2 rings (SSSR count). The largest absolute Gasteiger partial charge is 0.0881 e. The van der Waals surface area contributed by atoms with Crippen molar-refractivity contribution in [3.8, 4) is 0 Å². The fraction of sp³-hybridized carbons (Fsp3) is 0.625. The molecule has 1 fully saturated rings. The van der Waals surface area contributed by atoms with Crippen molar-refractivity contribution >= 4 is 15.9 Å². The zero-order chi connectivity index (χ0) is 12.3. The Morgan fingerprint density at radius 3 is 2.47 bits per heavy atom. The molecule has 0 radical (unpaired) electrons. The van der Waals surface area contributed by atoms with Crippen LogP contribution in [0.3, 0.4) is 0 Å². The van der Waals surface area contributed by atoms with Crippen molar-refractivity contribution in [2.75, 3.05) is 0 Å². The van der Waals surface area contributed by atoms with Gasteiger partial charge in [-0.3, -0.25) is 0 Å². The van der Waals surface area contributed by atoms with Crippen molar-refractivity contribution in [3.63, 3.8) is 0 Å². The Hall–Kier alpha value is -0.300. The molecule has 0 aromatic heterocycles. The van der Waals surface area contributed by atoms with E-state index in [1.807, 2.05) is 0 Å². The average molecular weight is 295 g/mol. The van der Waals surface area contributed by atoms with Crippen molar-refractivity contribution in [3.05, 3.63) is 35.4 Å². The molecule has 0 aliphatic heterocycles. The molecule has 0 amide bonds. The maximum atomic E-state index is 3.99. The van der Waals surface area contributed by atoms with E-state index in [4.69, 9.17) is 0 Å². The first-order chi connectivity index (χ1) is 8.18. The van der Waals surface area contributed by atoms with Crippen LogP contribution in [-0.4, -0.2) is 4.83 Å². The summed E-state index contributed by atoms with van der Waals surface area (Å²) in [5, 5.41) is 0. The molecule has 1 aliphatic rings. The van der Waals surface area contributed by atoms with Crippen molar-refractivity contribution in [1.82, 2.24) is 0 Å². The van der Waals surface area contributed by atoms with Gasteiger partial charge in [-0.15, -0.1) is 0 Å². The van der Waals surface area contributed by atoms with Gasteiger partial charge >= 0.3 is 0 Å². The van der Waals surface area contributed by atoms with Gasteiger partial charge in [-0.2, -0.15) is 0 Å². The standard InChI is InChI=1S/C16H23Br/c1-3-16(10-6-7-11-16)15(17)12-14-9-5-4-8-13(14)2/h4-5,8-9,15H,3,6-7,10-12H2,1-2H3. The molecule has 0 N–H and O–H groups in total. The maximum absolute atomic E-state index is 3.99. The highest BCUT2D eigenvalue weighted by Crippen LogP contribution is 2.47. The monoisotopic (exact) mass is 294 g/mol. The van der Waals surface area contributed by atoms with Gasteiger partial charge in [-0.1, -0.05) is 60.0 Å². The fourth-order valence-electron chi connectivity index (χ4n) is 3.22. The molecule has 1 aromatic carbocycles. The number of halogens is 1. The van der Waals surface area contributed by atoms with Gasteiger partial charge in [0.05, 0.1) is 0 Å². The SMILES string of the molecule is CCC1(C(Br)Cc2ccccc2C)CCCC1. The number of aryl methyl sites for hydroxylation is 1. The van der Waals surface area contributed by atoms with Gasteiger partial charge in [0.15, 0.2) is 0 Å². The molecule has 1 aliphatic carbocycles. The summed E-state index contributed by atoms with van der Waals surface area (Å²) in [5.41, 5.74) is 3.50. The molecule has 94 valence electrons. The topological polar surface area (TPSA) is 0 Å². The summed E-state index contributed by atoms with van der Waals surface area (Å²) in [6.07, 6.45) is 8.15. The number of alkyl halides is 1. The van der Waals surface area contributed by atoms with Gasteiger partial charge in [0.1, 0.15) is 0 Å². The van der Waals surface area contributed by atoms with E-state index in [9.17, 15) is 0 Å². The highest BCUT2D eigenvalue weighted by atomic mass is 79.9. The molecule has 17 heavy (non-hydrogen) atoms. The van der Waals surface area contributed by atoms with Gasteiger partial charge in [0, 0.05) is 4.83 Å². The second-order valence-electron chi connectivity index (χ2n) is 5.52. The van der Waals surface area contributed by atoms with Crippen molar-refractivity contribution in [2.24, 2.45) is 5.41 Å². The third-order valence-electron chi connectivity index (χ3n) is 4.63. The van der Waals surface area contributed by atoms with Crippen LogP contribution in [0.2, 0.25) is 0 Å². The Bertz CT molecular complexity index is 364. The number of rotatable bonds is 4. The van der Waals surface area contributed by atoms with Crippen LogP contribution >= 0.6 is 15.9 Å². The van der Waals surface area contributed by atoms with Crippen LogP contribution < -0.4 is 0 Å². The quantitative estimate of drug-likeness (QED) is 0.664. The maximum Gasteiger partial charge on any atom is 0.0242 e. The lowest BCUT2D eigenvalue weighted by Crippen LogP contribution is -2.29. The summed E-state index contributed by atoms with van der Waals surface area (Å²) in [4.78, 5) is 0.642. The van der Waals surface area contributed by atoms with Crippen molar-refractivity contribution in [1.29, 1.82) is 0 Å². The van der Waals surface area contributed by atoms with Gasteiger partial charge in [0.25, 0.3) is 0 Å². The van der Waals surface area contributed by atoms with Gasteiger partial charge in [-0.05, 0) is 49.1 Å². The lowest BCUT2D eigenvalue weighted by molar-refractivity contribution is 0.275. The Kier molecular flexibility index (Phi) is 4.30. The fourth-order valence-corrected chi connectivity index (χ4v) is 4.35. The molecular formula is C16H23Br. The predicted octanol–water partition coefficient (Wildman–Crippen LogP) is 5.27. The third-order valence-corrected chi connectivity index (χ3v) is 5.92. The summed E-state index contributed by atoms with van der Waals surface area (Å²) >= 11 is 3.99. The van der Waals surface area contributed by atoms with E-state index in [1.165, 1.54) is 49.7 Å². The van der Waals surface area contributed by atoms with Crippen LogP contribution in [0.5, 0.6) is 0 Å². The summed E-state index contributed by atoms with van der Waals surface area (Å²) in [5.74, 6) is 0. The zero-order valence-electron chi connectivity index (χ0n) is 11.0. The van der Waals surface area contributed by atoms with Crippen LogP contribution in [0, 0.1) is 12.3 Å². The number of hydrogen-bond acceptors (Lipinski definition) is 0. The minimum atomic E-state index is 0.558. The molecule has 0 spiro atoms. The highest BCUT2D eigenvalue weighted by molar-refractivity contribution is 9.09. The van der Waals surface area contributed by atoms with Crippen molar-refractivity contribution < 1.29 is 0 Å². The summed E-state index contributed by atoms with van der Waals surface area (Å²) < 4.78 is 0. The molecule has 0 heterocycles. The Labute approximate surface area is 114 Å². The van der Waals surface area contributed by atoms with Crippen LogP contribution in [0.4, 0.5) is 0 Å². The van der Waals surface area contributed by atoms with Crippen LogP contribution in [0.1, 0.15) is 50.2 Å². The second kappa shape index (κ2) is 5.56. The zero-order valence-corrected chi connectivity index (χ0v) is 12.6.